The molecular weight excluding hydrogens is 314 g/mol. The molecule has 0 bridgehead atoms. The smallest absolute Gasteiger partial charge is 0.402 e. The third-order valence-corrected chi connectivity index (χ3v) is 4.89. The molecule has 0 amide bonds. The van der Waals surface area contributed by atoms with Crippen LogP contribution in [0.2, 0.25) is 0 Å². The van der Waals surface area contributed by atoms with E-state index in [0.717, 1.165) is 0 Å². The van der Waals surface area contributed by atoms with Crippen molar-refractivity contribution in [1.82, 2.24) is 0 Å². The van der Waals surface area contributed by atoms with E-state index in [-0.39, 0.29) is 16.7 Å². The zero-order chi connectivity index (χ0) is 16.8. The second-order valence-electron chi connectivity index (χ2n) is 6.24. The van der Waals surface area contributed by atoms with Crippen LogP contribution in [0.25, 0.3) is 0 Å². The fourth-order valence-corrected chi connectivity index (χ4v) is 2.87. The van der Waals surface area contributed by atoms with Crippen LogP contribution in [-0.4, -0.2) is 23.8 Å². The zero-order valence-corrected chi connectivity index (χ0v) is 13.7. The molecule has 0 saturated carbocycles. The van der Waals surface area contributed by atoms with Crippen LogP contribution in [0.4, 0.5) is 13.2 Å². The van der Waals surface area contributed by atoms with Gasteiger partial charge in [0.15, 0.2) is 0 Å². The number of benzene rings is 1. The first-order valence-electron chi connectivity index (χ1n) is 6.89. The van der Waals surface area contributed by atoms with E-state index in [1.807, 2.05) is 27.7 Å². The molecule has 0 unspecified atom stereocenters. The Bertz CT molecular complexity index is 535. The predicted molar refractivity (Wildman–Crippen MR) is 81.4 cm³/mol. The second-order valence-corrected chi connectivity index (χ2v) is 7.34. The maximum atomic E-state index is 12.7. The predicted octanol–water partition coefficient (Wildman–Crippen LogP) is 3.93. The van der Waals surface area contributed by atoms with Crippen molar-refractivity contribution in [3.8, 4) is 0 Å². The van der Waals surface area contributed by atoms with Gasteiger partial charge in [-0.05, 0) is 51.1 Å². The van der Waals surface area contributed by atoms with Crippen molar-refractivity contribution in [3.63, 3.8) is 0 Å². The van der Waals surface area contributed by atoms with E-state index in [4.69, 9.17) is 15.0 Å². The molecule has 1 heterocycles. The minimum Gasteiger partial charge on any atom is -0.402 e. The Hall–Kier alpha value is -0.695. The highest BCUT2D eigenvalue weighted by atomic mass is 32.2. The summed E-state index contributed by atoms with van der Waals surface area (Å²) in [7, 11) is -0.792. The molecule has 2 rings (SSSR count). The van der Waals surface area contributed by atoms with Gasteiger partial charge < -0.3 is 15.0 Å². The largest absolute Gasteiger partial charge is 0.480 e. The lowest BCUT2D eigenvalue weighted by atomic mass is 9.75. The SMILES string of the molecule is CC1(C)OB([C@H](N)c2ccccc2SC(F)(F)F)OC1(C)C. The number of hydrogen-bond donors (Lipinski definition) is 1. The molecule has 1 aliphatic rings. The van der Waals surface area contributed by atoms with Crippen molar-refractivity contribution < 1.29 is 22.5 Å². The number of thioether (sulfide) groups is 1. The van der Waals surface area contributed by atoms with E-state index >= 15 is 0 Å². The molecule has 3 nitrogen and oxygen atoms in total. The van der Waals surface area contributed by atoms with E-state index in [1.54, 1.807) is 18.2 Å². The zero-order valence-electron chi connectivity index (χ0n) is 12.9. The van der Waals surface area contributed by atoms with Crippen molar-refractivity contribution >= 4 is 18.9 Å². The molecule has 0 radical (unpaired) electrons. The summed E-state index contributed by atoms with van der Waals surface area (Å²) in [5, 5.41) is 0. The van der Waals surface area contributed by atoms with Gasteiger partial charge in [-0.15, -0.1) is 0 Å². The highest BCUT2D eigenvalue weighted by Crippen LogP contribution is 2.43. The van der Waals surface area contributed by atoms with Gasteiger partial charge in [-0.3, -0.25) is 0 Å². The van der Waals surface area contributed by atoms with E-state index < -0.39 is 29.8 Å². The van der Waals surface area contributed by atoms with Gasteiger partial charge in [0.05, 0.1) is 17.1 Å². The van der Waals surface area contributed by atoms with Crippen molar-refractivity contribution in [3.05, 3.63) is 29.8 Å². The summed E-state index contributed by atoms with van der Waals surface area (Å²) in [6.45, 7) is 7.48. The van der Waals surface area contributed by atoms with Gasteiger partial charge in [-0.25, -0.2) is 0 Å². The Morgan fingerprint density at radius 1 is 1.09 bits per heavy atom. The highest BCUT2D eigenvalue weighted by Gasteiger charge is 2.53. The molecular formula is C14H19BF3NO2S. The molecule has 0 aliphatic carbocycles. The quantitative estimate of drug-likeness (QED) is 0.672. The summed E-state index contributed by atoms with van der Waals surface area (Å²) < 4.78 is 49.7. The van der Waals surface area contributed by atoms with Crippen LogP contribution in [-0.2, 0) is 9.31 Å². The number of halogens is 3. The van der Waals surface area contributed by atoms with Crippen LogP contribution in [0.5, 0.6) is 0 Å². The van der Waals surface area contributed by atoms with E-state index in [0.29, 0.717) is 5.56 Å². The van der Waals surface area contributed by atoms with Gasteiger partial charge in [-0.1, -0.05) is 18.2 Å². The van der Waals surface area contributed by atoms with Gasteiger partial charge in [-0.2, -0.15) is 13.2 Å². The first-order chi connectivity index (χ1) is 9.93. The highest BCUT2D eigenvalue weighted by molar-refractivity contribution is 8.00. The molecule has 22 heavy (non-hydrogen) atoms. The molecule has 2 N–H and O–H groups in total. The van der Waals surface area contributed by atoms with Crippen molar-refractivity contribution in [2.75, 3.05) is 0 Å². The van der Waals surface area contributed by atoms with E-state index in [2.05, 4.69) is 0 Å². The van der Waals surface area contributed by atoms with Crippen LogP contribution in [0, 0.1) is 0 Å². The summed E-state index contributed by atoms with van der Waals surface area (Å²) in [5.41, 5.74) is 0.963. The molecule has 0 aromatic heterocycles. The standard InChI is InChI=1S/C14H19BF3NO2S/c1-12(2)13(3,4)21-15(20-12)11(19)9-7-5-6-8-10(9)22-14(16,17)18/h5-8,11H,19H2,1-4H3/t11-/m1/s1. The van der Waals surface area contributed by atoms with E-state index in [1.165, 1.54) is 6.07 Å². The summed E-state index contributed by atoms with van der Waals surface area (Å²) in [5.74, 6) is -0.799. The Morgan fingerprint density at radius 3 is 2.09 bits per heavy atom. The van der Waals surface area contributed by atoms with Crippen LogP contribution >= 0.6 is 11.8 Å². The monoisotopic (exact) mass is 333 g/mol. The van der Waals surface area contributed by atoms with Crippen LogP contribution in [0.3, 0.4) is 0 Å². The van der Waals surface area contributed by atoms with Gasteiger partial charge in [0.25, 0.3) is 0 Å². The van der Waals surface area contributed by atoms with Crippen molar-refractivity contribution in [1.29, 1.82) is 0 Å². The van der Waals surface area contributed by atoms with Crippen molar-refractivity contribution in [2.24, 2.45) is 5.73 Å². The molecule has 1 aromatic carbocycles. The first kappa shape index (κ1) is 17.7. The topological polar surface area (TPSA) is 44.5 Å². The van der Waals surface area contributed by atoms with Crippen LogP contribution < -0.4 is 5.73 Å². The molecule has 122 valence electrons. The Kier molecular flexibility index (Phi) is 4.61. The summed E-state index contributed by atoms with van der Waals surface area (Å²) in [6, 6.07) is 6.18. The third kappa shape index (κ3) is 3.61. The van der Waals surface area contributed by atoms with Crippen LogP contribution in [0.15, 0.2) is 29.2 Å². The average molecular weight is 333 g/mol. The molecule has 1 aromatic rings. The molecule has 1 aliphatic heterocycles. The minimum absolute atomic E-state index is 0.0669. The number of nitrogens with two attached hydrogens (primary N) is 1. The molecule has 1 fully saturated rings. The fourth-order valence-electron chi connectivity index (χ4n) is 2.16. The van der Waals surface area contributed by atoms with Gasteiger partial charge in [0, 0.05) is 4.90 Å². The summed E-state index contributed by atoms with van der Waals surface area (Å²) in [6.07, 6.45) is 0. The number of alkyl halides is 3. The second kappa shape index (κ2) is 5.74. The summed E-state index contributed by atoms with van der Waals surface area (Å²) >= 11 is -0.177. The van der Waals surface area contributed by atoms with Gasteiger partial charge in [0.2, 0.25) is 0 Å². The molecule has 0 spiro atoms. The van der Waals surface area contributed by atoms with E-state index in [9.17, 15) is 13.2 Å². The fraction of sp³-hybridized carbons (Fsp3) is 0.571. The van der Waals surface area contributed by atoms with Gasteiger partial charge >= 0.3 is 12.6 Å². The number of hydrogen-bond acceptors (Lipinski definition) is 4. The number of rotatable bonds is 3. The maximum Gasteiger partial charge on any atom is 0.480 e. The Balaban J connectivity index is 2.26. The normalized spacial score (nSPS) is 21.9. The Labute approximate surface area is 132 Å². The lowest BCUT2D eigenvalue weighted by Gasteiger charge is -2.32. The Morgan fingerprint density at radius 2 is 1.59 bits per heavy atom. The first-order valence-corrected chi connectivity index (χ1v) is 7.70. The lowest BCUT2D eigenvalue weighted by Crippen LogP contribution is -2.41. The average Bonchev–Trinajstić information content (AvgIpc) is 2.56. The van der Waals surface area contributed by atoms with Crippen molar-refractivity contribution in [2.45, 2.75) is 55.2 Å². The van der Waals surface area contributed by atoms with Gasteiger partial charge in [0.1, 0.15) is 0 Å². The lowest BCUT2D eigenvalue weighted by molar-refractivity contribution is -0.0328. The maximum absolute atomic E-state index is 12.7. The van der Waals surface area contributed by atoms with Crippen LogP contribution in [0.1, 0.15) is 39.2 Å². The summed E-state index contributed by atoms with van der Waals surface area (Å²) in [4.78, 5) is 0.0669. The third-order valence-electron chi connectivity index (χ3n) is 4.07. The molecule has 1 saturated heterocycles. The molecule has 1 atom stereocenters. The minimum atomic E-state index is -4.37. The molecule has 8 heteroatoms.